The van der Waals surface area contributed by atoms with Crippen LogP contribution in [0.3, 0.4) is 0 Å². The van der Waals surface area contributed by atoms with Gasteiger partial charge in [0, 0.05) is 32.0 Å². The maximum absolute atomic E-state index is 12.8. The van der Waals surface area contributed by atoms with Gasteiger partial charge in [0.2, 0.25) is 10.0 Å². The highest BCUT2D eigenvalue weighted by molar-refractivity contribution is 7.89. The normalized spacial score (nSPS) is 20.3. The Bertz CT molecular complexity index is 689. The number of aromatic nitrogens is 1. The Morgan fingerprint density at radius 2 is 1.95 bits per heavy atom. The number of hydrogen-bond donors (Lipinski definition) is 1. The van der Waals surface area contributed by atoms with Crippen molar-refractivity contribution in [3.05, 3.63) is 60.4 Å². The maximum atomic E-state index is 12.8. The van der Waals surface area contributed by atoms with Gasteiger partial charge in [-0.1, -0.05) is 24.3 Å². The van der Waals surface area contributed by atoms with Gasteiger partial charge >= 0.3 is 0 Å². The van der Waals surface area contributed by atoms with Crippen LogP contribution in [0.15, 0.2) is 59.8 Å². The van der Waals surface area contributed by atoms with Crippen molar-refractivity contribution in [1.29, 1.82) is 0 Å². The van der Waals surface area contributed by atoms with Gasteiger partial charge in [-0.25, -0.2) is 8.42 Å². The molecule has 3 rings (SSSR count). The van der Waals surface area contributed by atoms with Crippen LogP contribution in [0, 0.1) is 0 Å². The van der Waals surface area contributed by atoms with Gasteiger partial charge in [0.1, 0.15) is 0 Å². The van der Waals surface area contributed by atoms with E-state index in [0.717, 1.165) is 5.56 Å². The summed E-state index contributed by atoms with van der Waals surface area (Å²) in [5.41, 5.74) is 0.907. The molecule has 0 saturated carbocycles. The molecular weight excluding hydrogens is 286 g/mol. The van der Waals surface area contributed by atoms with Crippen LogP contribution in [0.25, 0.3) is 0 Å². The van der Waals surface area contributed by atoms with Crippen molar-refractivity contribution in [2.75, 3.05) is 19.6 Å². The highest BCUT2D eigenvalue weighted by Crippen LogP contribution is 2.28. The molecule has 1 saturated heterocycles. The standard InChI is InChI=1S/C15H17N3O2S/c19-21(20,14-6-2-1-3-7-14)18-10-9-17-12-15(18)13-5-4-8-16-11-13/h1-8,11,15,17H,9-10,12H2. The number of nitrogens with one attached hydrogen (secondary N) is 1. The second-order valence-corrected chi connectivity index (χ2v) is 6.83. The van der Waals surface area contributed by atoms with Gasteiger partial charge < -0.3 is 5.32 Å². The van der Waals surface area contributed by atoms with Crippen LogP contribution in [0.5, 0.6) is 0 Å². The first-order valence-electron chi connectivity index (χ1n) is 6.87. The van der Waals surface area contributed by atoms with Gasteiger partial charge in [-0.05, 0) is 23.8 Å². The Morgan fingerprint density at radius 3 is 2.67 bits per heavy atom. The van der Waals surface area contributed by atoms with E-state index in [1.165, 1.54) is 0 Å². The third-order valence-electron chi connectivity index (χ3n) is 3.61. The molecule has 110 valence electrons. The third-order valence-corrected chi connectivity index (χ3v) is 5.54. The summed E-state index contributed by atoms with van der Waals surface area (Å²) in [6.07, 6.45) is 3.42. The summed E-state index contributed by atoms with van der Waals surface area (Å²) in [7, 11) is -3.49. The Balaban J connectivity index is 1.99. The molecule has 0 bridgehead atoms. The molecule has 5 nitrogen and oxygen atoms in total. The molecule has 6 heteroatoms. The van der Waals surface area contributed by atoms with Crippen molar-refractivity contribution in [3.8, 4) is 0 Å². The zero-order valence-electron chi connectivity index (χ0n) is 11.5. The molecule has 1 N–H and O–H groups in total. The van der Waals surface area contributed by atoms with Crippen LogP contribution in [-0.4, -0.2) is 37.3 Å². The summed E-state index contributed by atoms with van der Waals surface area (Å²) in [5, 5.41) is 3.25. The largest absolute Gasteiger partial charge is 0.313 e. The van der Waals surface area contributed by atoms with Crippen molar-refractivity contribution in [3.63, 3.8) is 0 Å². The van der Waals surface area contributed by atoms with Gasteiger partial charge in [0.25, 0.3) is 0 Å². The van der Waals surface area contributed by atoms with E-state index in [-0.39, 0.29) is 6.04 Å². The fraction of sp³-hybridized carbons (Fsp3) is 0.267. The number of piperazine rings is 1. The van der Waals surface area contributed by atoms with Crippen LogP contribution in [0.4, 0.5) is 0 Å². The highest BCUT2D eigenvalue weighted by Gasteiger charge is 2.34. The van der Waals surface area contributed by atoms with E-state index >= 15 is 0 Å². The fourth-order valence-electron chi connectivity index (χ4n) is 2.56. The number of sulfonamides is 1. The highest BCUT2D eigenvalue weighted by atomic mass is 32.2. The van der Waals surface area contributed by atoms with E-state index in [1.54, 1.807) is 41.0 Å². The quantitative estimate of drug-likeness (QED) is 0.931. The Kier molecular flexibility index (Phi) is 4.01. The molecule has 1 unspecified atom stereocenters. The second kappa shape index (κ2) is 5.93. The topological polar surface area (TPSA) is 62.3 Å². The molecule has 0 amide bonds. The molecule has 1 aliphatic rings. The summed E-state index contributed by atoms with van der Waals surface area (Å²) >= 11 is 0. The third kappa shape index (κ3) is 2.83. The van der Waals surface area contributed by atoms with E-state index in [1.807, 2.05) is 18.2 Å². The average molecular weight is 303 g/mol. The molecule has 2 heterocycles. The average Bonchev–Trinajstić information content (AvgIpc) is 2.56. The number of pyridine rings is 1. The maximum Gasteiger partial charge on any atom is 0.243 e. The lowest BCUT2D eigenvalue weighted by Gasteiger charge is -2.35. The van der Waals surface area contributed by atoms with Crippen molar-refractivity contribution < 1.29 is 8.42 Å². The summed E-state index contributed by atoms with van der Waals surface area (Å²) in [5.74, 6) is 0. The lowest BCUT2D eigenvalue weighted by atomic mass is 10.1. The lowest BCUT2D eigenvalue weighted by molar-refractivity contribution is 0.271. The van der Waals surface area contributed by atoms with Gasteiger partial charge in [-0.3, -0.25) is 4.98 Å². The van der Waals surface area contributed by atoms with Crippen molar-refractivity contribution in [2.45, 2.75) is 10.9 Å². The molecule has 1 atom stereocenters. The van der Waals surface area contributed by atoms with Crippen LogP contribution in [0.2, 0.25) is 0 Å². The van der Waals surface area contributed by atoms with Gasteiger partial charge in [-0.15, -0.1) is 0 Å². The molecule has 1 fully saturated rings. The van der Waals surface area contributed by atoms with E-state index in [2.05, 4.69) is 10.3 Å². The minimum Gasteiger partial charge on any atom is -0.313 e. The zero-order valence-corrected chi connectivity index (χ0v) is 12.3. The summed E-state index contributed by atoms with van der Waals surface area (Å²) < 4.78 is 27.3. The molecule has 1 aromatic carbocycles. The van der Waals surface area contributed by atoms with Gasteiger partial charge in [0.05, 0.1) is 10.9 Å². The molecule has 2 aromatic rings. The molecule has 0 aliphatic carbocycles. The van der Waals surface area contributed by atoms with E-state index < -0.39 is 10.0 Å². The first-order chi connectivity index (χ1) is 10.2. The van der Waals surface area contributed by atoms with E-state index in [4.69, 9.17) is 0 Å². The van der Waals surface area contributed by atoms with Crippen LogP contribution >= 0.6 is 0 Å². The monoisotopic (exact) mass is 303 g/mol. The molecule has 0 radical (unpaired) electrons. The van der Waals surface area contributed by atoms with Crippen LogP contribution in [-0.2, 0) is 10.0 Å². The predicted molar refractivity (Wildman–Crippen MR) is 80.2 cm³/mol. The predicted octanol–water partition coefficient (Wildman–Crippen LogP) is 1.42. The van der Waals surface area contributed by atoms with Gasteiger partial charge in [-0.2, -0.15) is 4.31 Å². The summed E-state index contributed by atoms with van der Waals surface area (Å²) in [6, 6.07) is 12.1. The molecule has 0 spiro atoms. The number of benzene rings is 1. The first kappa shape index (κ1) is 14.2. The Labute approximate surface area is 124 Å². The summed E-state index contributed by atoms with van der Waals surface area (Å²) in [6.45, 7) is 1.71. The van der Waals surface area contributed by atoms with Crippen LogP contribution < -0.4 is 5.32 Å². The van der Waals surface area contributed by atoms with Crippen molar-refractivity contribution >= 4 is 10.0 Å². The lowest BCUT2D eigenvalue weighted by Crippen LogP contribution is -2.48. The van der Waals surface area contributed by atoms with E-state index in [0.29, 0.717) is 24.5 Å². The second-order valence-electron chi connectivity index (χ2n) is 4.94. The first-order valence-corrected chi connectivity index (χ1v) is 8.31. The molecule has 1 aliphatic heterocycles. The number of nitrogens with zero attached hydrogens (tertiary/aromatic N) is 2. The number of hydrogen-bond acceptors (Lipinski definition) is 4. The van der Waals surface area contributed by atoms with E-state index in [9.17, 15) is 8.42 Å². The molecule has 1 aromatic heterocycles. The molecular formula is C15H17N3O2S. The smallest absolute Gasteiger partial charge is 0.243 e. The van der Waals surface area contributed by atoms with Crippen LogP contribution in [0.1, 0.15) is 11.6 Å². The SMILES string of the molecule is O=S(=O)(c1ccccc1)N1CCNCC1c1cccnc1. The van der Waals surface area contributed by atoms with Crippen molar-refractivity contribution in [2.24, 2.45) is 0 Å². The fourth-order valence-corrected chi connectivity index (χ4v) is 4.19. The minimum absolute atomic E-state index is 0.224. The Hall–Kier alpha value is -1.76. The van der Waals surface area contributed by atoms with Gasteiger partial charge in [0.15, 0.2) is 0 Å². The zero-order chi connectivity index (χ0) is 14.7. The molecule has 21 heavy (non-hydrogen) atoms. The Morgan fingerprint density at radius 1 is 1.14 bits per heavy atom. The minimum atomic E-state index is -3.49. The number of rotatable bonds is 3. The van der Waals surface area contributed by atoms with Crippen molar-refractivity contribution in [1.82, 2.24) is 14.6 Å². The summed E-state index contributed by atoms with van der Waals surface area (Å²) in [4.78, 5) is 4.43.